The molecule has 5 aromatic rings. The Morgan fingerprint density at radius 2 is 1.46 bits per heavy atom. The van der Waals surface area contributed by atoms with Gasteiger partial charge in [0.15, 0.2) is 6.20 Å². The number of halogens is 1. The molecule has 41 heavy (non-hydrogen) atoms. The van der Waals surface area contributed by atoms with E-state index in [-0.39, 0.29) is 0 Å². The minimum Gasteiger partial charge on any atom is -0.206 e. The third-order valence-electron chi connectivity index (χ3n) is 8.31. The number of rotatable bonds is 4. The minimum absolute atomic E-state index is 0.402. The summed E-state index contributed by atoms with van der Waals surface area (Å²) < 4.78 is 73.5. The van der Waals surface area contributed by atoms with Gasteiger partial charge in [-0.05, 0) is 63.4 Å². The molecule has 0 radical (unpaired) electrons. The highest BCUT2D eigenvalue weighted by Crippen LogP contribution is 2.56. The van der Waals surface area contributed by atoms with Gasteiger partial charge in [-0.15, -0.1) is 0 Å². The molecule has 3 heteroatoms. The van der Waals surface area contributed by atoms with Crippen LogP contribution in [0.3, 0.4) is 0 Å². The molecule has 202 valence electrons. The fourth-order valence-corrected chi connectivity index (χ4v) is 6.42. The number of aromatic nitrogens is 1. The van der Waals surface area contributed by atoms with Crippen molar-refractivity contribution in [1.82, 2.24) is 0 Å². The van der Waals surface area contributed by atoms with Gasteiger partial charge in [-0.25, -0.2) is 8.96 Å². The molecule has 1 heterocycles. The highest BCUT2D eigenvalue weighted by molar-refractivity contribution is 5.94. The molecular weight excluding hydrogens is 503 g/mol. The summed E-state index contributed by atoms with van der Waals surface area (Å²) in [7, 11) is 1.60. The quantitative estimate of drug-likeness (QED) is 0.207. The Bertz CT molecular complexity index is 2110. The van der Waals surface area contributed by atoms with Crippen LogP contribution in [0.15, 0.2) is 91.1 Å². The molecule has 0 unspecified atom stereocenters. The van der Waals surface area contributed by atoms with Gasteiger partial charge in [-0.1, -0.05) is 100 Å². The van der Waals surface area contributed by atoms with E-state index in [1.807, 2.05) is 85.8 Å². The van der Waals surface area contributed by atoms with Crippen LogP contribution in [0.25, 0.3) is 44.6 Å². The summed E-state index contributed by atoms with van der Waals surface area (Å²) in [6.45, 7) is -0.590. The Hall–Kier alpha value is -4.55. The third kappa shape index (κ3) is 4.18. The Morgan fingerprint density at radius 1 is 0.854 bits per heavy atom. The minimum atomic E-state index is -3.32. The first kappa shape index (κ1) is 19.5. The zero-order chi connectivity index (χ0) is 35.0. The van der Waals surface area contributed by atoms with Gasteiger partial charge < -0.3 is 0 Å². The van der Waals surface area contributed by atoms with Crippen LogP contribution in [0.1, 0.15) is 70.9 Å². The highest BCUT2D eigenvalue weighted by atomic mass is 19.1. The second kappa shape index (κ2) is 9.82. The number of pyridine rings is 1. The molecule has 6 rings (SSSR count). The molecule has 2 nitrogen and oxygen atoms in total. The molecule has 0 N–H and O–H groups in total. The van der Waals surface area contributed by atoms with E-state index in [0.717, 1.165) is 62.3 Å². The average Bonchev–Trinajstić information content (AvgIpc) is 3.27. The Morgan fingerprint density at radius 3 is 2.12 bits per heavy atom. The first-order valence-electron chi connectivity index (χ1n) is 17.0. The summed E-state index contributed by atoms with van der Waals surface area (Å²) in [5.41, 5.74) is 8.67. The highest BCUT2D eigenvalue weighted by Gasteiger charge is 2.42. The van der Waals surface area contributed by atoms with Crippen molar-refractivity contribution >= 4 is 0 Å². The maximum Gasteiger partial charge on any atom is 0.215 e. The summed E-state index contributed by atoms with van der Waals surface area (Å²) in [6.07, 6.45) is 1.12. The number of aryl methyl sites for hydroxylation is 2. The van der Waals surface area contributed by atoms with E-state index in [9.17, 15) is 5.26 Å². The van der Waals surface area contributed by atoms with Crippen molar-refractivity contribution in [2.24, 2.45) is 7.05 Å². The normalized spacial score (nSPS) is 16.5. The molecule has 1 aliphatic rings. The van der Waals surface area contributed by atoms with Crippen molar-refractivity contribution in [1.29, 1.82) is 5.26 Å². The van der Waals surface area contributed by atoms with E-state index >= 15 is 4.39 Å². The predicted octanol–water partition coefficient (Wildman–Crippen LogP) is 9.26. The second-order valence-corrected chi connectivity index (χ2v) is 11.2. The van der Waals surface area contributed by atoms with E-state index in [1.165, 1.54) is 4.57 Å². The summed E-state index contributed by atoms with van der Waals surface area (Å²) >= 11 is 0. The van der Waals surface area contributed by atoms with Crippen molar-refractivity contribution in [3.8, 4) is 50.7 Å². The number of fused-ring (bicyclic) bond motifs is 3. The smallest absolute Gasteiger partial charge is 0.206 e. The molecule has 0 saturated heterocycles. The zero-order valence-corrected chi connectivity index (χ0v) is 23.4. The fourth-order valence-electron chi connectivity index (χ4n) is 6.42. The van der Waals surface area contributed by atoms with Gasteiger partial charge in [-0.3, -0.25) is 0 Å². The van der Waals surface area contributed by atoms with Crippen LogP contribution in [0.4, 0.5) is 4.39 Å². The van der Waals surface area contributed by atoms with Crippen LogP contribution in [0.5, 0.6) is 0 Å². The molecule has 0 spiro atoms. The van der Waals surface area contributed by atoms with Gasteiger partial charge in [0.25, 0.3) is 0 Å². The summed E-state index contributed by atoms with van der Waals surface area (Å²) in [5, 5.41) is 10.3. The largest absolute Gasteiger partial charge is 0.215 e. The van der Waals surface area contributed by atoms with Crippen LogP contribution in [-0.2, 0) is 12.5 Å². The van der Waals surface area contributed by atoms with Crippen molar-refractivity contribution in [2.45, 2.75) is 45.8 Å². The van der Waals surface area contributed by atoms with Gasteiger partial charge in [0, 0.05) is 26.6 Å². The van der Waals surface area contributed by atoms with E-state index in [1.54, 1.807) is 7.05 Å². The molecule has 0 atom stereocenters. The fraction of sp³-hybridized carbons (Fsp3) is 0.211. The number of nitrogens with zero attached hydrogens (tertiary/aromatic N) is 2. The molecule has 0 bridgehead atoms. The van der Waals surface area contributed by atoms with Gasteiger partial charge in [0.2, 0.25) is 5.69 Å². The molecule has 0 amide bonds. The Balaban J connectivity index is 1.56. The van der Waals surface area contributed by atoms with E-state index in [0.29, 0.717) is 16.8 Å². The summed E-state index contributed by atoms with van der Waals surface area (Å²) in [6, 6.07) is 29.5. The van der Waals surface area contributed by atoms with Crippen molar-refractivity contribution in [3.05, 3.63) is 125 Å². The van der Waals surface area contributed by atoms with Crippen LogP contribution in [0, 0.1) is 24.1 Å². The summed E-state index contributed by atoms with van der Waals surface area (Å²) in [5.74, 6) is -4.26. The molecule has 4 aromatic carbocycles. The predicted molar refractivity (Wildman–Crippen MR) is 165 cm³/mol. The second-order valence-electron chi connectivity index (χ2n) is 11.2. The van der Waals surface area contributed by atoms with Crippen LogP contribution >= 0.6 is 0 Å². The molecule has 0 fully saturated rings. The third-order valence-corrected chi connectivity index (χ3v) is 8.31. The lowest BCUT2D eigenvalue weighted by molar-refractivity contribution is -0.661. The Labute approximate surface area is 252 Å². The summed E-state index contributed by atoms with van der Waals surface area (Å²) in [4.78, 5) is 0. The van der Waals surface area contributed by atoms with Gasteiger partial charge >= 0.3 is 0 Å². The number of hydrogen-bond acceptors (Lipinski definition) is 1. The van der Waals surface area contributed by atoms with Crippen LogP contribution in [0.2, 0.25) is 0 Å². The molecule has 1 aromatic heterocycles. The average molecular weight is 545 g/mol. The molecular formula is C38H34FN2+. The molecule has 1 aliphatic carbocycles. The topological polar surface area (TPSA) is 27.7 Å². The standard InChI is InChI=1S/C38H34FN2/c1-23(2)31-22-41(6)33(20-32(31)39)34-24(3)12-18-29-30-19-17-28(21-40)35(37(30)38(4,5)36(29)34)27-15-13-26(14-16-27)25-10-8-7-9-11-25/h7-20,22-23H,1-6H3/q+1/i1D3,2D3,23D. The lowest BCUT2D eigenvalue weighted by atomic mass is 9.75. The van der Waals surface area contributed by atoms with Gasteiger partial charge in [0.1, 0.15) is 12.9 Å². The van der Waals surface area contributed by atoms with Crippen molar-refractivity contribution in [3.63, 3.8) is 0 Å². The maximum atomic E-state index is 16.1. The SMILES string of the molecule is [2H]C([2H])([2H])C([2H])(c1c[n+](C)c(-c2c(C)ccc3c2C(C)(C)c2c-3ccc(C#N)c2-c2ccc(-c3ccccc3)cc2)cc1F)C([2H])([2H])[2H]. The Kier molecular flexibility index (Phi) is 4.67. The lowest BCUT2D eigenvalue weighted by Crippen LogP contribution is -2.33. The molecule has 0 aliphatic heterocycles. The molecule has 0 saturated carbocycles. The van der Waals surface area contributed by atoms with Crippen molar-refractivity contribution < 1.29 is 18.6 Å². The van der Waals surface area contributed by atoms with Gasteiger partial charge in [0.05, 0.1) is 22.8 Å². The van der Waals surface area contributed by atoms with E-state index < -0.39 is 36.4 Å². The van der Waals surface area contributed by atoms with Crippen molar-refractivity contribution in [2.75, 3.05) is 0 Å². The van der Waals surface area contributed by atoms with Crippen LogP contribution in [-0.4, -0.2) is 0 Å². The number of hydrogen-bond donors (Lipinski definition) is 0. The first-order valence-corrected chi connectivity index (χ1v) is 13.5. The maximum absolute atomic E-state index is 16.1. The number of benzene rings is 4. The van der Waals surface area contributed by atoms with E-state index in [4.69, 9.17) is 9.60 Å². The number of nitriles is 1. The van der Waals surface area contributed by atoms with E-state index in [2.05, 4.69) is 19.9 Å². The zero-order valence-electron chi connectivity index (χ0n) is 30.4. The first-order chi connectivity index (χ1) is 22.4. The lowest BCUT2D eigenvalue weighted by Gasteiger charge is -2.27. The van der Waals surface area contributed by atoms with Gasteiger partial charge in [-0.2, -0.15) is 5.26 Å². The monoisotopic (exact) mass is 544 g/mol. The van der Waals surface area contributed by atoms with Crippen LogP contribution < -0.4 is 4.57 Å².